The number of nitrogens with one attached hydrogen (secondary N) is 2. The molecule has 3 amide bonds. The third-order valence-corrected chi connectivity index (χ3v) is 5.30. The quantitative estimate of drug-likeness (QED) is 0.623. The maximum atomic E-state index is 12.2. The Hall–Kier alpha value is -3.13. The minimum atomic E-state index is -0.556. The summed E-state index contributed by atoms with van der Waals surface area (Å²) in [5.74, 6) is 0.369. The summed E-state index contributed by atoms with van der Waals surface area (Å²) in [6.07, 6.45) is 0. The predicted molar refractivity (Wildman–Crippen MR) is 115 cm³/mol. The first-order chi connectivity index (χ1) is 13.8. The van der Waals surface area contributed by atoms with Crippen LogP contribution in [0.2, 0.25) is 0 Å². The van der Waals surface area contributed by atoms with Gasteiger partial charge in [-0.1, -0.05) is 47.7 Å². The van der Waals surface area contributed by atoms with Crippen molar-refractivity contribution in [1.29, 1.82) is 0 Å². The van der Waals surface area contributed by atoms with E-state index in [1.807, 2.05) is 74.7 Å². The fourth-order valence-electron chi connectivity index (χ4n) is 2.93. The second-order valence-electron chi connectivity index (χ2n) is 6.76. The van der Waals surface area contributed by atoms with Gasteiger partial charge in [-0.2, -0.15) is 0 Å². The number of aryl methyl sites for hydroxylation is 4. The van der Waals surface area contributed by atoms with E-state index in [0.29, 0.717) is 10.8 Å². The van der Waals surface area contributed by atoms with Crippen LogP contribution in [0.3, 0.4) is 0 Å². The van der Waals surface area contributed by atoms with E-state index in [9.17, 15) is 9.59 Å². The number of hydrogen-bond donors (Lipinski definition) is 2. The molecule has 0 unspecified atom stereocenters. The molecule has 3 aromatic rings. The first-order valence-corrected chi connectivity index (χ1v) is 10.1. The minimum absolute atomic E-state index is 0.0459. The highest BCUT2D eigenvalue weighted by atomic mass is 32.2. The van der Waals surface area contributed by atoms with Crippen LogP contribution in [0.15, 0.2) is 47.6 Å². The van der Waals surface area contributed by atoms with Crippen molar-refractivity contribution in [2.75, 3.05) is 11.1 Å². The van der Waals surface area contributed by atoms with E-state index in [-0.39, 0.29) is 5.75 Å². The van der Waals surface area contributed by atoms with Gasteiger partial charge in [-0.15, -0.1) is 10.2 Å². The molecule has 29 heavy (non-hydrogen) atoms. The van der Waals surface area contributed by atoms with Crippen molar-refractivity contribution in [3.63, 3.8) is 0 Å². The fourth-order valence-corrected chi connectivity index (χ4v) is 3.72. The summed E-state index contributed by atoms with van der Waals surface area (Å²) in [5, 5.41) is 13.9. The van der Waals surface area contributed by atoms with E-state index in [0.717, 1.165) is 28.2 Å². The zero-order chi connectivity index (χ0) is 21.0. The average Bonchev–Trinajstić information content (AvgIpc) is 3.03. The van der Waals surface area contributed by atoms with Crippen molar-refractivity contribution in [1.82, 2.24) is 20.1 Å². The number of thioether (sulfide) groups is 1. The van der Waals surface area contributed by atoms with Crippen LogP contribution in [0.4, 0.5) is 10.5 Å². The van der Waals surface area contributed by atoms with Crippen LogP contribution in [0.5, 0.6) is 0 Å². The molecule has 8 heteroatoms. The van der Waals surface area contributed by atoms with Gasteiger partial charge in [0.15, 0.2) is 5.16 Å². The molecule has 2 aromatic carbocycles. The van der Waals surface area contributed by atoms with Gasteiger partial charge in [0.1, 0.15) is 5.82 Å². The molecular weight excluding hydrogens is 386 g/mol. The van der Waals surface area contributed by atoms with E-state index >= 15 is 0 Å². The molecule has 0 bridgehead atoms. The summed E-state index contributed by atoms with van der Waals surface area (Å²) >= 11 is 1.23. The molecule has 0 saturated carbocycles. The number of rotatable bonds is 5. The largest absolute Gasteiger partial charge is 0.325 e. The predicted octanol–water partition coefficient (Wildman–Crippen LogP) is 3.94. The Morgan fingerprint density at radius 1 is 1.00 bits per heavy atom. The maximum Gasteiger partial charge on any atom is 0.325 e. The molecule has 0 aliphatic heterocycles. The maximum absolute atomic E-state index is 12.2. The second kappa shape index (κ2) is 8.91. The van der Waals surface area contributed by atoms with Crippen molar-refractivity contribution >= 4 is 29.4 Å². The molecule has 0 spiro atoms. The Labute approximate surface area is 173 Å². The third-order valence-electron chi connectivity index (χ3n) is 4.37. The SMILES string of the molecule is Cc1ccc(NC(=O)NC(=O)CSc2nnc(C)n2-c2ccccc2C)c(C)c1. The summed E-state index contributed by atoms with van der Waals surface area (Å²) in [4.78, 5) is 24.4. The minimum Gasteiger partial charge on any atom is -0.307 e. The number of aromatic nitrogens is 3. The molecule has 1 aromatic heterocycles. The van der Waals surface area contributed by atoms with Crippen LogP contribution in [0.1, 0.15) is 22.5 Å². The van der Waals surface area contributed by atoms with Gasteiger partial charge in [-0.3, -0.25) is 14.7 Å². The molecule has 0 saturated heterocycles. The lowest BCUT2D eigenvalue weighted by atomic mass is 10.1. The van der Waals surface area contributed by atoms with E-state index in [4.69, 9.17) is 0 Å². The van der Waals surface area contributed by atoms with Gasteiger partial charge in [0.2, 0.25) is 5.91 Å². The Kier molecular flexibility index (Phi) is 6.33. The zero-order valence-electron chi connectivity index (χ0n) is 16.8. The van der Waals surface area contributed by atoms with E-state index in [2.05, 4.69) is 20.8 Å². The first kappa shape index (κ1) is 20.6. The summed E-state index contributed by atoms with van der Waals surface area (Å²) in [6.45, 7) is 7.75. The molecule has 2 N–H and O–H groups in total. The Bertz CT molecular complexity index is 1060. The van der Waals surface area contributed by atoms with Crippen LogP contribution < -0.4 is 10.6 Å². The van der Waals surface area contributed by atoms with Gasteiger partial charge in [0.05, 0.1) is 11.4 Å². The number of para-hydroxylation sites is 1. The molecular formula is C21H23N5O2S. The summed E-state index contributed by atoms with van der Waals surface area (Å²) < 4.78 is 1.91. The van der Waals surface area contributed by atoms with Gasteiger partial charge in [-0.05, 0) is 51.0 Å². The Morgan fingerprint density at radius 2 is 1.76 bits per heavy atom. The van der Waals surface area contributed by atoms with Crippen molar-refractivity contribution in [3.8, 4) is 5.69 Å². The zero-order valence-corrected chi connectivity index (χ0v) is 17.6. The summed E-state index contributed by atoms with van der Waals surface area (Å²) in [5.41, 5.74) is 4.75. The number of imide groups is 1. The molecule has 0 fully saturated rings. The molecule has 1 heterocycles. The number of anilines is 1. The van der Waals surface area contributed by atoms with Crippen LogP contribution in [-0.4, -0.2) is 32.5 Å². The molecule has 0 aliphatic rings. The molecule has 0 atom stereocenters. The van der Waals surface area contributed by atoms with Crippen LogP contribution in [-0.2, 0) is 4.79 Å². The molecule has 0 radical (unpaired) electrons. The molecule has 0 aliphatic carbocycles. The number of urea groups is 1. The Morgan fingerprint density at radius 3 is 2.48 bits per heavy atom. The van der Waals surface area contributed by atoms with Gasteiger partial charge >= 0.3 is 6.03 Å². The van der Waals surface area contributed by atoms with Gasteiger partial charge in [0, 0.05) is 5.69 Å². The van der Waals surface area contributed by atoms with Gasteiger partial charge < -0.3 is 5.32 Å². The molecule has 7 nitrogen and oxygen atoms in total. The lowest BCUT2D eigenvalue weighted by Gasteiger charge is -2.11. The topological polar surface area (TPSA) is 88.9 Å². The van der Waals surface area contributed by atoms with E-state index in [1.165, 1.54) is 11.8 Å². The van der Waals surface area contributed by atoms with Gasteiger partial charge in [-0.25, -0.2) is 4.79 Å². The highest BCUT2D eigenvalue weighted by Gasteiger charge is 2.16. The van der Waals surface area contributed by atoms with Crippen molar-refractivity contribution < 1.29 is 9.59 Å². The molecule has 150 valence electrons. The standard InChI is InChI=1S/C21H23N5O2S/c1-13-9-10-17(15(3)11-13)22-20(28)23-19(27)12-29-21-25-24-16(4)26(21)18-8-6-5-7-14(18)2/h5-11H,12H2,1-4H3,(H2,22,23,27,28). The monoisotopic (exact) mass is 409 g/mol. The first-order valence-electron chi connectivity index (χ1n) is 9.14. The average molecular weight is 410 g/mol. The highest BCUT2D eigenvalue weighted by Crippen LogP contribution is 2.23. The molecule has 3 rings (SSSR count). The van der Waals surface area contributed by atoms with Crippen molar-refractivity contribution in [3.05, 3.63) is 65.0 Å². The summed E-state index contributed by atoms with van der Waals surface area (Å²) in [6, 6.07) is 13.0. The van der Waals surface area contributed by atoms with E-state index < -0.39 is 11.9 Å². The van der Waals surface area contributed by atoms with Crippen LogP contribution >= 0.6 is 11.8 Å². The van der Waals surface area contributed by atoms with E-state index in [1.54, 1.807) is 0 Å². The fraction of sp³-hybridized carbons (Fsp3) is 0.238. The lowest BCUT2D eigenvalue weighted by molar-refractivity contribution is -0.117. The highest BCUT2D eigenvalue weighted by molar-refractivity contribution is 7.99. The number of carbonyl (C=O) groups is 2. The number of carbonyl (C=O) groups excluding carboxylic acids is 2. The smallest absolute Gasteiger partial charge is 0.307 e. The van der Waals surface area contributed by atoms with Crippen LogP contribution in [0, 0.1) is 27.7 Å². The normalized spacial score (nSPS) is 10.6. The van der Waals surface area contributed by atoms with Crippen molar-refractivity contribution in [2.24, 2.45) is 0 Å². The van der Waals surface area contributed by atoms with Crippen LogP contribution in [0.25, 0.3) is 5.69 Å². The number of amides is 3. The Balaban J connectivity index is 1.62. The van der Waals surface area contributed by atoms with Gasteiger partial charge in [0.25, 0.3) is 0 Å². The third kappa shape index (κ3) is 5.03. The number of benzene rings is 2. The summed E-state index contributed by atoms with van der Waals surface area (Å²) in [7, 11) is 0. The second-order valence-corrected chi connectivity index (χ2v) is 7.70. The number of hydrogen-bond acceptors (Lipinski definition) is 5. The lowest BCUT2D eigenvalue weighted by Crippen LogP contribution is -2.35. The van der Waals surface area contributed by atoms with Crippen molar-refractivity contribution in [2.45, 2.75) is 32.9 Å². The number of nitrogens with zero attached hydrogens (tertiary/aromatic N) is 3.